The molecule has 0 aromatic heterocycles. The van der Waals surface area contributed by atoms with E-state index >= 15 is 0 Å². The van der Waals surface area contributed by atoms with Gasteiger partial charge in [-0.05, 0) is 30.2 Å². The highest BCUT2D eigenvalue weighted by atomic mass is 35.5. The SMILES string of the molecule is C=CCOc1c(Cl)cccc1C(=O)NC1(C(=O)OCC)Cc2ccccc2C1. The lowest BCUT2D eigenvalue weighted by Gasteiger charge is -2.28. The van der Waals surface area contributed by atoms with Gasteiger partial charge in [-0.15, -0.1) is 0 Å². The maximum absolute atomic E-state index is 13.1. The Balaban J connectivity index is 1.93. The van der Waals surface area contributed by atoms with Gasteiger partial charge in [0.2, 0.25) is 0 Å². The van der Waals surface area contributed by atoms with E-state index in [4.69, 9.17) is 21.1 Å². The topological polar surface area (TPSA) is 64.6 Å². The molecule has 2 aromatic carbocycles. The van der Waals surface area contributed by atoms with Crippen LogP contribution in [0.15, 0.2) is 55.1 Å². The summed E-state index contributed by atoms with van der Waals surface area (Å²) in [6.45, 7) is 5.80. The van der Waals surface area contributed by atoms with Crippen LogP contribution >= 0.6 is 11.6 Å². The van der Waals surface area contributed by atoms with Gasteiger partial charge in [-0.3, -0.25) is 4.79 Å². The number of ether oxygens (including phenoxy) is 2. The van der Waals surface area contributed by atoms with E-state index in [9.17, 15) is 9.59 Å². The lowest BCUT2D eigenvalue weighted by atomic mass is 9.95. The average molecular weight is 400 g/mol. The maximum Gasteiger partial charge on any atom is 0.332 e. The maximum atomic E-state index is 13.1. The summed E-state index contributed by atoms with van der Waals surface area (Å²) < 4.78 is 10.9. The molecule has 0 saturated heterocycles. The number of carbonyl (C=O) groups excluding carboxylic acids is 2. The number of nitrogens with one attached hydrogen (secondary N) is 1. The third-order valence-electron chi connectivity index (χ3n) is 4.68. The molecule has 0 unspecified atom stereocenters. The van der Waals surface area contributed by atoms with Crippen LogP contribution in [0.2, 0.25) is 5.02 Å². The molecule has 1 N–H and O–H groups in total. The zero-order chi connectivity index (χ0) is 20.1. The Morgan fingerprint density at radius 2 is 1.86 bits per heavy atom. The van der Waals surface area contributed by atoms with Crippen molar-refractivity contribution in [3.05, 3.63) is 76.8 Å². The van der Waals surface area contributed by atoms with Crippen LogP contribution in [-0.2, 0) is 22.4 Å². The smallest absolute Gasteiger partial charge is 0.332 e. The number of esters is 1. The van der Waals surface area contributed by atoms with Crippen LogP contribution in [0.3, 0.4) is 0 Å². The first kappa shape index (κ1) is 20.0. The van der Waals surface area contributed by atoms with E-state index in [0.29, 0.717) is 17.9 Å². The molecule has 0 spiro atoms. The van der Waals surface area contributed by atoms with E-state index < -0.39 is 17.4 Å². The Bertz CT molecular complexity index is 884. The summed E-state index contributed by atoms with van der Waals surface area (Å²) in [6, 6.07) is 12.7. The van der Waals surface area contributed by atoms with E-state index in [2.05, 4.69) is 11.9 Å². The van der Waals surface area contributed by atoms with Gasteiger partial charge in [0.15, 0.2) is 5.75 Å². The van der Waals surface area contributed by atoms with Crippen molar-refractivity contribution in [2.24, 2.45) is 0 Å². The molecule has 0 bridgehead atoms. The van der Waals surface area contributed by atoms with Crippen LogP contribution < -0.4 is 10.1 Å². The number of halogens is 1. The molecule has 6 heteroatoms. The molecule has 0 aliphatic heterocycles. The molecule has 0 saturated carbocycles. The number of hydrogen-bond acceptors (Lipinski definition) is 4. The van der Waals surface area contributed by atoms with Gasteiger partial charge in [-0.25, -0.2) is 4.79 Å². The van der Waals surface area contributed by atoms with Crippen molar-refractivity contribution in [1.82, 2.24) is 5.32 Å². The number of carbonyl (C=O) groups is 2. The normalized spacial score (nSPS) is 14.1. The molecule has 1 aliphatic carbocycles. The number of fused-ring (bicyclic) bond motifs is 1. The number of hydrogen-bond donors (Lipinski definition) is 1. The minimum absolute atomic E-state index is 0.207. The van der Waals surface area contributed by atoms with Crippen LogP contribution in [0.1, 0.15) is 28.4 Å². The first-order valence-corrected chi connectivity index (χ1v) is 9.47. The molecule has 5 nitrogen and oxygen atoms in total. The van der Waals surface area contributed by atoms with Crippen LogP contribution in [-0.4, -0.2) is 30.6 Å². The molecule has 146 valence electrons. The molecular weight excluding hydrogens is 378 g/mol. The molecule has 0 atom stereocenters. The van der Waals surface area contributed by atoms with Gasteiger partial charge in [-0.1, -0.05) is 54.6 Å². The lowest BCUT2D eigenvalue weighted by molar-refractivity contribution is -0.150. The van der Waals surface area contributed by atoms with E-state index in [1.807, 2.05) is 24.3 Å². The van der Waals surface area contributed by atoms with Crippen LogP contribution in [0, 0.1) is 0 Å². The molecule has 0 heterocycles. The average Bonchev–Trinajstić information content (AvgIpc) is 3.06. The molecule has 28 heavy (non-hydrogen) atoms. The lowest BCUT2D eigenvalue weighted by Crippen LogP contribution is -2.56. The predicted molar refractivity (Wildman–Crippen MR) is 108 cm³/mol. The van der Waals surface area contributed by atoms with E-state index in [-0.39, 0.29) is 24.5 Å². The van der Waals surface area contributed by atoms with E-state index in [1.54, 1.807) is 31.2 Å². The number of rotatable bonds is 7. The van der Waals surface area contributed by atoms with Gasteiger partial charge in [0.05, 0.1) is 17.2 Å². The molecule has 2 aromatic rings. The monoisotopic (exact) mass is 399 g/mol. The van der Waals surface area contributed by atoms with Crippen molar-refractivity contribution in [2.45, 2.75) is 25.3 Å². The first-order chi connectivity index (χ1) is 13.5. The van der Waals surface area contributed by atoms with Crippen molar-refractivity contribution in [3.8, 4) is 5.75 Å². The third-order valence-corrected chi connectivity index (χ3v) is 4.98. The minimum atomic E-state index is -1.16. The summed E-state index contributed by atoms with van der Waals surface area (Å²) in [7, 11) is 0. The second kappa shape index (κ2) is 8.48. The van der Waals surface area contributed by atoms with Gasteiger partial charge in [-0.2, -0.15) is 0 Å². The van der Waals surface area contributed by atoms with Crippen molar-refractivity contribution >= 4 is 23.5 Å². The predicted octanol–water partition coefficient (Wildman–Crippen LogP) is 3.74. The second-order valence-corrected chi connectivity index (χ2v) is 7.00. The fourth-order valence-electron chi connectivity index (χ4n) is 3.43. The highest BCUT2D eigenvalue weighted by Crippen LogP contribution is 2.33. The summed E-state index contributed by atoms with van der Waals surface area (Å²) in [6.07, 6.45) is 2.31. The number of benzene rings is 2. The fourth-order valence-corrected chi connectivity index (χ4v) is 3.66. The zero-order valence-electron chi connectivity index (χ0n) is 15.7. The molecule has 0 radical (unpaired) electrons. The minimum Gasteiger partial charge on any atom is -0.487 e. The Morgan fingerprint density at radius 3 is 2.46 bits per heavy atom. The molecule has 0 fully saturated rings. The zero-order valence-corrected chi connectivity index (χ0v) is 16.4. The first-order valence-electron chi connectivity index (χ1n) is 9.09. The van der Waals surface area contributed by atoms with Crippen molar-refractivity contribution < 1.29 is 19.1 Å². The molecule has 3 rings (SSSR count). The summed E-state index contributed by atoms with van der Waals surface area (Å²) in [5, 5.41) is 3.22. The summed E-state index contributed by atoms with van der Waals surface area (Å²) in [5.41, 5.74) is 1.14. The highest BCUT2D eigenvalue weighted by molar-refractivity contribution is 6.32. The van der Waals surface area contributed by atoms with Gasteiger partial charge < -0.3 is 14.8 Å². The summed E-state index contributed by atoms with van der Waals surface area (Å²) in [5.74, 6) is -0.631. The van der Waals surface area contributed by atoms with Gasteiger partial charge in [0.25, 0.3) is 5.91 Å². The van der Waals surface area contributed by atoms with Crippen molar-refractivity contribution in [1.29, 1.82) is 0 Å². The van der Waals surface area contributed by atoms with E-state index in [0.717, 1.165) is 11.1 Å². The molecule has 1 amide bonds. The summed E-state index contributed by atoms with van der Waals surface area (Å²) in [4.78, 5) is 25.9. The largest absolute Gasteiger partial charge is 0.487 e. The quantitative estimate of drug-likeness (QED) is 0.569. The van der Waals surface area contributed by atoms with Gasteiger partial charge in [0, 0.05) is 12.8 Å². The van der Waals surface area contributed by atoms with Crippen molar-refractivity contribution in [3.63, 3.8) is 0 Å². The van der Waals surface area contributed by atoms with Crippen molar-refractivity contribution in [2.75, 3.05) is 13.2 Å². The number of para-hydroxylation sites is 1. The van der Waals surface area contributed by atoms with Crippen LogP contribution in [0.25, 0.3) is 0 Å². The third kappa shape index (κ3) is 3.90. The number of amides is 1. The Morgan fingerprint density at radius 1 is 1.18 bits per heavy atom. The Kier molecular flexibility index (Phi) is 6.05. The highest BCUT2D eigenvalue weighted by Gasteiger charge is 2.46. The standard InChI is InChI=1S/C22H22ClNO4/c1-3-12-28-19-17(10-7-11-18(19)23)20(25)24-22(21(26)27-4-2)13-15-8-5-6-9-16(15)14-22/h3,5-11H,1,4,12-14H2,2H3,(H,24,25). The van der Waals surface area contributed by atoms with Crippen LogP contribution in [0.5, 0.6) is 5.75 Å². The second-order valence-electron chi connectivity index (χ2n) is 6.60. The van der Waals surface area contributed by atoms with E-state index in [1.165, 1.54) is 0 Å². The summed E-state index contributed by atoms with van der Waals surface area (Å²) >= 11 is 6.21. The molecular formula is C22H22ClNO4. The fraction of sp³-hybridized carbons (Fsp3) is 0.273. The Hall–Kier alpha value is -2.79. The molecule has 1 aliphatic rings. The van der Waals surface area contributed by atoms with Gasteiger partial charge in [0.1, 0.15) is 12.1 Å². The van der Waals surface area contributed by atoms with Crippen LogP contribution in [0.4, 0.5) is 0 Å². The van der Waals surface area contributed by atoms with Gasteiger partial charge >= 0.3 is 5.97 Å². The Labute approximate surface area is 169 Å².